The van der Waals surface area contributed by atoms with Gasteiger partial charge in [0, 0.05) is 26.2 Å². The van der Waals surface area contributed by atoms with E-state index in [4.69, 9.17) is 17.3 Å². The van der Waals surface area contributed by atoms with Crippen molar-refractivity contribution in [2.75, 3.05) is 18.9 Å². The minimum absolute atomic E-state index is 0.261. The summed E-state index contributed by atoms with van der Waals surface area (Å²) >= 11 is 5.92. The Morgan fingerprint density at radius 2 is 2.16 bits per heavy atom. The number of nitrogens with one attached hydrogen (secondary N) is 2. The fourth-order valence-corrected chi connectivity index (χ4v) is 1.66. The van der Waals surface area contributed by atoms with Crippen LogP contribution in [-0.2, 0) is 4.79 Å². The third-order valence-electron chi connectivity index (χ3n) is 2.49. The number of anilines is 1. The summed E-state index contributed by atoms with van der Waals surface area (Å²) in [4.78, 5) is 26.4. The van der Waals surface area contributed by atoms with Crippen LogP contribution in [0, 0.1) is 0 Å². The Kier molecular flexibility index (Phi) is 6.08. The van der Waals surface area contributed by atoms with E-state index in [2.05, 4.69) is 15.6 Å². The molecule has 104 valence electrons. The maximum Gasteiger partial charge on any atom is 0.252 e. The van der Waals surface area contributed by atoms with Crippen molar-refractivity contribution in [3.05, 3.63) is 22.8 Å². The van der Waals surface area contributed by atoms with Crippen LogP contribution >= 0.6 is 11.6 Å². The fraction of sp³-hybridized carbons (Fsp3) is 0.417. The van der Waals surface area contributed by atoms with Gasteiger partial charge < -0.3 is 16.4 Å². The smallest absolute Gasteiger partial charge is 0.252 e. The first-order chi connectivity index (χ1) is 9.04. The summed E-state index contributed by atoms with van der Waals surface area (Å²) < 4.78 is 0. The number of amides is 2. The summed E-state index contributed by atoms with van der Waals surface area (Å²) in [6.45, 7) is 0.472. The minimum atomic E-state index is -0.331. The predicted molar refractivity (Wildman–Crippen MR) is 74.2 cm³/mol. The second-order valence-electron chi connectivity index (χ2n) is 3.98. The zero-order chi connectivity index (χ0) is 14.3. The highest BCUT2D eigenvalue weighted by molar-refractivity contribution is 6.33. The fourth-order valence-electron chi connectivity index (χ4n) is 1.47. The molecule has 0 saturated carbocycles. The lowest BCUT2D eigenvalue weighted by molar-refractivity contribution is -0.118. The summed E-state index contributed by atoms with van der Waals surface area (Å²) in [7, 11) is 1.71. The van der Waals surface area contributed by atoms with Gasteiger partial charge in [-0.25, -0.2) is 4.98 Å². The topological polar surface area (TPSA) is 97.1 Å². The number of pyridine rings is 1. The summed E-state index contributed by atoms with van der Waals surface area (Å²) in [5.41, 5.74) is 5.39. The Balaban J connectivity index is 2.47. The number of primary amides is 1. The molecular weight excluding hydrogens is 268 g/mol. The van der Waals surface area contributed by atoms with E-state index < -0.39 is 0 Å². The molecule has 0 aliphatic heterocycles. The SMILES string of the molecule is CNc1cc(C(=O)NCCCCC(N)=O)c(Cl)cn1. The molecule has 0 unspecified atom stereocenters. The van der Waals surface area contributed by atoms with E-state index in [9.17, 15) is 9.59 Å². The van der Waals surface area contributed by atoms with Crippen molar-refractivity contribution in [2.24, 2.45) is 5.73 Å². The Morgan fingerprint density at radius 1 is 1.42 bits per heavy atom. The highest BCUT2D eigenvalue weighted by Crippen LogP contribution is 2.17. The number of nitrogens with zero attached hydrogens (tertiary/aromatic N) is 1. The summed E-state index contributed by atoms with van der Waals surface area (Å²) in [5, 5.41) is 5.87. The Bertz CT molecular complexity index is 465. The van der Waals surface area contributed by atoms with Crippen molar-refractivity contribution >= 4 is 29.2 Å². The van der Waals surface area contributed by atoms with Crippen molar-refractivity contribution in [2.45, 2.75) is 19.3 Å². The lowest BCUT2D eigenvalue weighted by atomic mass is 10.2. The Labute approximate surface area is 116 Å². The van der Waals surface area contributed by atoms with Crippen molar-refractivity contribution < 1.29 is 9.59 Å². The van der Waals surface area contributed by atoms with Gasteiger partial charge >= 0.3 is 0 Å². The van der Waals surface area contributed by atoms with Gasteiger partial charge in [-0.15, -0.1) is 0 Å². The Morgan fingerprint density at radius 3 is 2.79 bits per heavy atom. The number of halogens is 1. The molecule has 7 heteroatoms. The van der Waals surface area contributed by atoms with E-state index in [1.807, 2.05) is 0 Å². The summed E-state index contributed by atoms with van der Waals surface area (Å²) in [5.74, 6) is -0.0200. The third-order valence-corrected chi connectivity index (χ3v) is 2.79. The molecule has 0 aliphatic rings. The summed E-state index contributed by atoms with van der Waals surface area (Å²) in [6.07, 6.45) is 3.10. The normalized spacial score (nSPS) is 10.0. The van der Waals surface area contributed by atoms with Gasteiger partial charge in [-0.05, 0) is 18.9 Å². The van der Waals surface area contributed by atoms with Gasteiger partial charge in [0.2, 0.25) is 5.91 Å². The second kappa shape index (κ2) is 7.58. The monoisotopic (exact) mass is 284 g/mol. The van der Waals surface area contributed by atoms with Crippen molar-refractivity contribution in [3.8, 4) is 0 Å². The molecule has 19 heavy (non-hydrogen) atoms. The third kappa shape index (κ3) is 5.13. The zero-order valence-electron chi connectivity index (χ0n) is 10.7. The average Bonchev–Trinajstić information content (AvgIpc) is 2.38. The van der Waals surface area contributed by atoms with E-state index >= 15 is 0 Å². The highest BCUT2D eigenvalue weighted by Gasteiger charge is 2.11. The molecule has 0 atom stereocenters. The molecule has 0 aromatic carbocycles. The Hall–Kier alpha value is -1.82. The minimum Gasteiger partial charge on any atom is -0.373 e. The molecule has 1 heterocycles. The van der Waals surface area contributed by atoms with E-state index in [-0.39, 0.29) is 11.8 Å². The summed E-state index contributed by atoms with van der Waals surface area (Å²) in [6, 6.07) is 1.58. The predicted octanol–water partition coefficient (Wildman–Crippen LogP) is 1.16. The van der Waals surface area contributed by atoms with Gasteiger partial charge in [0.25, 0.3) is 5.91 Å². The molecule has 0 spiro atoms. The molecule has 4 N–H and O–H groups in total. The second-order valence-corrected chi connectivity index (χ2v) is 4.39. The van der Waals surface area contributed by atoms with Gasteiger partial charge in [0.15, 0.2) is 0 Å². The maximum absolute atomic E-state index is 11.9. The van der Waals surface area contributed by atoms with E-state index in [1.165, 1.54) is 6.20 Å². The molecule has 1 aromatic rings. The molecule has 0 bridgehead atoms. The average molecular weight is 285 g/mol. The molecule has 0 radical (unpaired) electrons. The van der Waals surface area contributed by atoms with Gasteiger partial charge in [-0.3, -0.25) is 9.59 Å². The first-order valence-corrected chi connectivity index (χ1v) is 6.32. The number of hydrogen-bond donors (Lipinski definition) is 3. The quantitative estimate of drug-likeness (QED) is 0.655. The molecular formula is C12H17ClN4O2. The number of aromatic nitrogens is 1. The van der Waals surface area contributed by atoms with Crippen LogP contribution in [0.5, 0.6) is 0 Å². The lowest BCUT2D eigenvalue weighted by Gasteiger charge is -2.08. The zero-order valence-corrected chi connectivity index (χ0v) is 11.5. The van der Waals surface area contributed by atoms with Crippen LogP contribution < -0.4 is 16.4 Å². The maximum atomic E-state index is 11.9. The van der Waals surface area contributed by atoms with Crippen LogP contribution in [-0.4, -0.2) is 30.4 Å². The molecule has 2 amide bonds. The molecule has 1 aromatic heterocycles. The van der Waals surface area contributed by atoms with Crippen LogP contribution in [0.2, 0.25) is 5.02 Å². The first-order valence-electron chi connectivity index (χ1n) is 5.94. The number of rotatable bonds is 7. The number of hydrogen-bond acceptors (Lipinski definition) is 4. The highest BCUT2D eigenvalue weighted by atomic mass is 35.5. The van der Waals surface area contributed by atoms with Crippen LogP contribution in [0.4, 0.5) is 5.82 Å². The van der Waals surface area contributed by atoms with E-state index in [0.29, 0.717) is 42.2 Å². The molecule has 0 fully saturated rings. The number of unbranched alkanes of at least 4 members (excludes halogenated alkanes) is 1. The van der Waals surface area contributed by atoms with Gasteiger partial charge in [0.05, 0.1) is 10.6 Å². The van der Waals surface area contributed by atoms with Gasteiger partial charge in [-0.2, -0.15) is 0 Å². The van der Waals surface area contributed by atoms with Crippen molar-refractivity contribution in [1.82, 2.24) is 10.3 Å². The molecule has 0 saturated heterocycles. The van der Waals surface area contributed by atoms with E-state index in [0.717, 1.165) is 0 Å². The lowest BCUT2D eigenvalue weighted by Crippen LogP contribution is -2.25. The van der Waals surface area contributed by atoms with Crippen LogP contribution in [0.15, 0.2) is 12.3 Å². The van der Waals surface area contributed by atoms with E-state index in [1.54, 1.807) is 13.1 Å². The molecule has 1 rings (SSSR count). The largest absolute Gasteiger partial charge is 0.373 e. The van der Waals surface area contributed by atoms with Gasteiger partial charge in [-0.1, -0.05) is 11.6 Å². The van der Waals surface area contributed by atoms with Crippen LogP contribution in [0.3, 0.4) is 0 Å². The number of nitrogens with two attached hydrogens (primary N) is 1. The molecule has 0 aliphatic carbocycles. The van der Waals surface area contributed by atoms with Crippen molar-refractivity contribution in [3.63, 3.8) is 0 Å². The van der Waals surface area contributed by atoms with Crippen molar-refractivity contribution in [1.29, 1.82) is 0 Å². The number of carbonyl (C=O) groups is 2. The van der Waals surface area contributed by atoms with Crippen LogP contribution in [0.25, 0.3) is 0 Å². The van der Waals surface area contributed by atoms with Gasteiger partial charge in [0.1, 0.15) is 5.82 Å². The standard InChI is InChI=1S/C12H17ClN4O2/c1-15-11-6-8(9(13)7-17-11)12(19)16-5-3-2-4-10(14)18/h6-7H,2-5H2,1H3,(H2,14,18)(H,15,17)(H,16,19). The molecule has 6 nitrogen and oxygen atoms in total. The first kappa shape index (κ1) is 15.2. The van der Waals surface area contributed by atoms with Crippen LogP contribution in [0.1, 0.15) is 29.6 Å². The number of carbonyl (C=O) groups excluding carboxylic acids is 2.